The van der Waals surface area contributed by atoms with E-state index in [9.17, 15) is 0 Å². The van der Waals surface area contributed by atoms with E-state index < -0.39 is 0 Å². The summed E-state index contributed by atoms with van der Waals surface area (Å²) in [5, 5.41) is 0. The van der Waals surface area contributed by atoms with Gasteiger partial charge in [-0.2, -0.15) is 0 Å². The van der Waals surface area contributed by atoms with Gasteiger partial charge in [0.05, 0.1) is 0 Å². The Labute approximate surface area is 135 Å². The second-order valence-corrected chi connectivity index (χ2v) is 5.49. The highest BCUT2D eigenvalue weighted by Crippen LogP contribution is 2.25. The summed E-state index contributed by atoms with van der Waals surface area (Å²) in [6.45, 7) is 0.871. The fourth-order valence-corrected chi connectivity index (χ4v) is 2.79. The van der Waals surface area contributed by atoms with Crippen molar-refractivity contribution >= 4 is 11.3 Å². The summed E-state index contributed by atoms with van der Waals surface area (Å²) >= 11 is 0. The molecule has 1 aliphatic heterocycles. The number of pyridine rings is 1. The first-order valence-corrected chi connectivity index (χ1v) is 7.69. The van der Waals surface area contributed by atoms with Crippen molar-refractivity contribution < 1.29 is 0 Å². The molecular weight excluding hydrogens is 282 g/mol. The summed E-state index contributed by atoms with van der Waals surface area (Å²) < 4.78 is 0. The summed E-state index contributed by atoms with van der Waals surface area (Å²) in [4.78, 5) is 9.54. The average molecular weight is 299 g/mol. The minimum absolute atomic E-state index is 0.871. The van der Waals surface area contributed by atoms with Crippen molar-refractivity contribution in [3.63, 3.8) is 0 Å². The molecule has 1 aliphatic rings. The van der Waals surface area contributed by atoms with Gasteiger partial charge in [0.15, 0.2) is 0 Å². The molecule has 3 heterocycles. The van der Waals surface area contributed by atoms with Crippen molar-refractivity contribution in [3.05, 3.63) is 91.0 Å². The van der Waals surface area contributed by atoms with Gasteiger partial charge < -0.3 is 9.88 Å². The Balaban J connectivity index is 1.51. The molecule has 1 N–H and O–H groups in total. The Kier molecular flexibility index (Phi) is 3.53. The van der Waals surface area contributed by atoms with Gasteiger partial charge in [-0.25, -0.2) is 0 Å². The van der Waals surface area contributed by atoms with Crippen LogP contribution in [0.2, 0.25) is 0 Å². The van der Waals surface area contributed by atoms with E-state index in [0.717, 1.165) is 12.2 Å². The minimum Gasteiger partial charge on any atom is -0.361 e. The largest absolute Gasteiger partial charge is 0.361 e. The third kappa shape index (κ3) is 2.81. The smallest absolute Gasteiger partial charge is 0.0453 e. The molecule has 0 unspecified atom stereocenters. The first-order valence-electron chi connectivity index (χ1n) is 7.69. The van der Waals surface area contributed by atoms with Crippen LogP contribution in [0.4, 0.5) is 5.69 Å². The third-order valence-electron chi connectivity index (χ3n) is 4.06. The zero-order chi connectivity index (χ0) is 15.5. The van der Waals surface area contributed by atoms with E-state index in [2.05, 4.69) is 63.6 Å². The summed E-state index contributed by atoms with van der Waals surface area (Å²) in [7, 11) is 0. The van der Waals surface area contributed by atoms with Gasteiger partial charge in [0.25, 0.3) is 0 Å². The number of nitrogens with one attached hydrogen (secondary N) is 1. The lowest BCUT2D eigenvalue weighted by atomic mass is 10.0. The van der Waals surface area contributed by atoms with Gasteiger partial charge >= 0.3 is 0 Å². The Morgan fingerprint density at radius 2 is 1.74 bits per heavy atom. The van der Waals surface area contributed by atoms with E-state index in [0.29, 0.717) is 0 Å². The molecule has 0 fully saturated rings. The van der Waals surface area contributed by atoms with Crippen LogP contribution in [0.15, 0.2) is 85.5 Å². The van der Waals surface area contributed by atoms with Crippen LogP contribution >= 0.6 is 0 Å². The number of H-pyrrole nitrogens is 1. The molecule has 0 amide bonds. The van der Waals surface area contributed by atoms with Crippen LogP contribution in [-0.4, -0.2) is 16.5 Å². The van der Waals surface area contributed by atoms with Crippen molar-refractivity contribution in [1.29, 1.82) is 0 Å². The van der Waals surface area contributed by atoms with Crippen LogP contribution in [0.25, 0.3) is 16.8 Å². The van der Waals surface area contributed by atoms with Crippen LogP contribution in [0.5, 0.6) is 0 Å². The lowest BCUT2D eigenvalue weighted by molar-refractivity contribution is 1.08. The van der Waals surface area contributed by atoms with Gasteiger partial charge in [0, 0.05) is 42.7 Å². The van der Waals surface area contributed by atoms with E-state index in [1.807, 2.05) is 36.8 Å². The second kappa shape index (κ2) is 5.97. The minimum atomic E-state index is 0.871. The van der Waals surface area contributed by atoms with E-state index >= 15 is 0 Å². The Morgan fingerprint density at radius 3 is 2.39 bits per heavy atom. The van der Waals surface area contributed by atoms with Crippen molar-refractivity contribution in [2.75, 3.05) is 11.4 Å². The van der Waals surface area contributed by atoms with Crippen molar-refractivity contribution in [2.45, 2.75) is 0 Å². The Bertz CT molecular complexity index is 828. The molecule has 0 spiro atoms. The highest BCUT2D eigenvalue weighted by molar-refractivity contribution is 5.77. The molecule has 3 nitrogen and oxygen atoms in total. The fourth-order valence-electron chi connectivity index (χ4n) is 2.79. The number of allylic oxidation sites excluding steroid dienone is 2. The molecular formula is C20H17N3. The molecule has 0 atom stereocenters. The average Bonchev–Trinajstić information content (AvgIpc) is 3.18. The van der Waals surface area contributed by atoms with Gasteiger partial charge in [0.2, 0.25) is 0 Å². The highest BCUT2D eigenvalue weighted by Gasteiger charge is 2.08. The summed E-state index contributed by atoms with van der Waals surface area (Å²) in [6.07, 6.45) is 12.1. The lowest BCUT2D eigenvalue weighted by Crippen LogP contribution is -2.18. The molecule has 1 aromatic carbocycles. The maximum atomic E-state index is 4.07. The maximum Gasteiger partial charge on any atom is 0.0453 e. The number of hydrogen-bond donors (Lipinski definition) is 1. The van der Waals surface area contributed by atoms with Crippen molar-refractivity contribution in [1.82, 2.24) is 9.97 Å². The quantitative estimate of drug-likeness (QED) is 0.772. The number of anilines is 1. The second-order valence-electron chi connectivity index (χ2n) is 5.49. The molecule has 3 aromatic rings. The standard InChI is InChI=1S/C20H17N3/c1-2-20(22-11-1)18-3-5-19(6-4-18)23-14-9-17(10-15-23)16-7-12-21-13-8-16/h1-14,22H,15H2. The maximum absolute atomic E-state index is 4.07. The van der Waals surface area contributed by atoms with Crippen molar-refractivity contribution in [2.24, 2.45) is 0 Å². The topological polar surface area (TPSA) is 31.9 Å². The lowest BCUT2D eigenvalue weighted by Gasteiger charge is -2.23. The van der Waals surface area contributed by atoms with Gasteiger partial charge in [-0.15, -0.1) is 0 Å². The van der Waals surface area contributed by atoms with Gasteiger partial charge in [0.1, 0.15) is 0 Å². The zero-order valence-electron chi connectivity index (χ0n) is 12.7. The normalized spacial score (nSPS) is 13.9. The van der Waals surface area contributed by atoms with E-state index in [4.69, 9.17) is 0 Å². The Morgan fingerprint density at radius 1 is 0.913 bits per heavy atom. The third-order valence-corrected chi connectivity index (χ3v) is 4.06. The van der Waals surface area contributed by atoms with E-state index in [1.165, 1.54) is 22.4 Å². The van der Waals surface area contributed by atoms with Crippen LogP contribution < -0.4 is 4.90 Å². The summed E-state index contributed by atoms with van der Waals surface area (Å²) in [5.41, 5.74) is 5.99. The zero-order valence-corrected chi connectivity index (χ0v) is 12.7. The number of hydrogen-bond acceptors (Lipinski definition) is 2. The van der Waals surface area contributed by atoms with Crippen LogP contribution in [0, 0.1) is 0 Å². The molecule has 2 aromatic heterocycles. The number of nitrogens with zero attached hydrogens (tertiary/aromatic N) is 2. The fraction of sp³-hybridized carbons (Fsp3) is 0.0500. The van der Waals surface area contributed by atoms with E-state index in [-0.39, 0.29) is 0 Å². The predicted molar refractivity (Wildman–Crippen MR) is 94.9 cm³/mol. The van der Waals surface area contributed by atoms with Gasteiger partial charge in [-0.3, -0.25) is 4.98 Å². The van der Waals surface area contributed by atoms with Gasteiger partial charge in [-0.05, 0) is 59.2 Å². The number of aromatic nitrogens is 2. The highest BCUT2D eigenvalue weighted by atomic mass is 15.1. The monoisotopic (exact) mass is 299 g/mol. The molecule has 0 bridgehead atoms. The van der Waals surface area contributed by atoms with Crippen LogP contribution in [-0.2, 0) is 0 Å². The van der Waals surface area contributed by atoms with Crippen LogP contribution in [0.1, 0.15) is 5.56 Å². The number of aromatic amines is 1. The molecule has 23 heavy (non-hydrogen) atoms. The molecule has 0 radical (unpaired) electrons. The summed E-state index contributed by atoms with van der Waals surface area (Å²) in [5.74, 6) is 0. The van der Waals surface area contributed by atoms with Gasteiger partial charge in [-0.1, -0.05) is 18.2 Å². The predicted octanol–water partition coefficient (Wildman–Crippen LogP) is 4.49. The molecule has 0 saturated heterocycles. The number of rotatable bonds is 3. The summed E-state index contributed by atoms with van der Waals surface area (Å²) in [6, 6.07) is 16.8. The molecule has 112 valence electrons. The molecule has 4 rings (SSSR count). The van der Waals surface area contributed by atoms with E-state index in [1.54, 1.807) is 0 Å². The molecule has 3 heteroatoms. The first kappa shape index (κ1) is 13.6. The SMILES string of the molecule is C1=CN(c2ccc(-c3ccc[nH]3)cc2)CC=C1c1ccncc1. The van der Waals surface area contributed by atoms with Crippen LogP contribution in [0.3, 0.4) is 0 Å². The Hall–Kier alpha value is -3.07. The molecule has 0 aliphatic carbocycles. The van der Waals surface area contributed by atoms with Crippen molar-refractivity contribution in [3.8, 4) is 11.3 Å². The molecule has 0 saturated carbocycles. The number of benzene rings is 1. The first-order chi connectivity index (χ1) is 11.4.